The van der Waals surface area contributed by atoms with Crippen molar-refractivity contribution in [3.63, 3.8) is 0 Å². The zero-order valence-corrected chi connectivity index (χ0v) is 27.3. The van der Waals surface area contributed by atoms with Gasteiger partial charge in [-0.3, -0.25) is 0 Å². The van der Waals surface area contributed by atoms with Gasteiger partial charge in [-0.05, 0) is 87.3 Å². The zero-order chi connectivity index (χ0) is 30.8. The molecule has 1 nitrogen and oxygen atoms in total. The van der Waals surface area contributed by atoms with Crippen molar-refractivity contribution in [2.75, 3.05) is 4.90 Å². The Balaban J connectivity index is 1.18. The molecule has 0 amide bonds. The van der Waals surface area contributed by atoms with Gasteiger partial charge in [-0.25, -0.2) is 0 Å². The lowest BCUT2D eigenvalue weighted by Crippen LogP contribution is -2.16. The van der Waals surface area contributed by atoms with Crippen molar-refractivity contribution in [3.8, 4) is 22.3 Å². The largest absolute Gasteiger partial charge is 0.310 e. The zero-order valence-electron chi connectivity index (χ0n) is 25.7. The molecular weight excluding hydrogens is 595 g/mol. The van der Waals surface area contributed by atoms with E-state index in [1.807, 2.05) is 23.5 Å². The molecule has 0 fully saturated rings. The molecule has 9 rings (SSSR count). The molecule has 7 aromatic carbocycles. The van der Waals surface area contributed by atoms with Crippen molar-refractivity contribution in [2.45, 2.75) is 38.8 Å². The normalized spacial score (nSPS) is 13.9. The van der Waals surface area contributed by atoms with Crippen LogP contribution in [0, 0.1) is 0 Å². The summed E-state index contributed by atoms with van der Waals surface area (Å²) in [6, 6.07) is 55.8. The minimum atomic E-state index is -0.0725. The Hall–Kier alpha value is -4.70. The molecule has 0 unspecified atom stereocenters. The number of anilines is 3. The molecule has 0 saturated carbocycles. The summed E-state index contributed by atoms with van der Waals surface area (Å²) in [6.45, 7) is 4.71. The lowest BCUT2D eigenvalue weighted by Gasteiger charge is -2.29. The maximum absolute atomic E-state index is 2.44. The Morgan fingerprint density at radius 3 is 1.98 bits per heavy atom. The third-order valence-electron chi connectivity index (χ3n) is 9.53. The summed E-state index contributed by atoms with van der Waals surface area (Å²) in [5.41, 5.74) is 11.4. The van der Waals surface area contributed by atoms with E-state index in [1.54, 1.807) is 0 Å². The first-order valence-electron chi connectivity index (χ1n) is 15.8. The molecule has 1 aliphatic heterocycles. The fourth-order valence-corrected chi connectivity index (χ4v) is 9.63. The maximum Gasteiger partial charge on any atom is 0.0540 e. The van der Waals surface area contributed by atoms with Crippen LogP contribution in [0.15, 0.2) is 171 Å². The molecule has 0 saturated heterocycles. The smallest absolute Gasteiger partial charge is 0.0540 e. The van der Waals surface area contributed by atoms with E-state index in [1.165, 1.54) is 75.1 Å². The first-order chi connectivity index (χ1) is 22.6. The van der Waals surface area contributed by atoms with Crippen molar-refractivity contribution in [1.29, 1.82) is 0 Å². The average molecular weight is 626 g/mol. The predicted molar refractivity (Wildman–Crippen MR) is 196 cm³/mol. The molecule has 46 heavy (non-hydrogen) atoms. The predicted octanol–water partition coefficient (Wildman–Crippen LogP) is 12.9. The number of hydrogen-bond donors (Lipinski definition) is 0. The highest BCUT2D eigenvalue weighted by Crippen LogP contribution is 2.53. The summed E-state index contributed by atoms with van der Waals surface area (Å²) < 4.78 is 0. The lowest BCUT2D eigenvalue weighted by molar-refractivity contribution is 0.660. The van der Waals surface area contributed by atoms with Gasteiger partial charge in [0.05, 0.1) is 5.69 Å². The monoisotopic (exact) mass is 625 g/mol. The molecule has 0 atom stereocenters. The van der Waals surface area contributed by atoms with Gasteiger partial charge in [0.25, 0.3) is 0 Å². The van der Waals surface area contributed by atoms with E-state index in [-0.39, 0.29) is 5.41 Å². The van der Waals surface area contributed by atoms with Crippen LogP contribution >= 0.6 is 23.5 Å². The molecule has 7 aromatic rings. The van der Waals surface area contributed by atoms with Gasteiger partial charge in [-0.1, -0.05) is 140 Å². The van der Waals surface area contributed by atoms with E-state index in [0.717, 1.165) is 5.69 Å². The van der Waals surface area contributed by atoms with E-state index in [2.05, 4.69) is 170 Å². The van der Waals surface area contributed by atoms with Gasteiger partial charge in [0.15, 0.2) is 0 Å². The second-order valence-corrected chi connectivity index (χ2v) is 14.7. The fraction of sp³-hybridized carbons (Fsp3) is 0.0698. The summed E-state index contributed by atoms with van der Waals surface area (Å²) in [4.78, 5) is 7.76. The average Bonchev–Trinajstić information content (AvgIpc) is 3.33. The summed E-state index contributed by atoms with van der Waals surface area (Å²) in [7, 11) is 0. The van der Waals surface area contributed by atoms with E-state index < -0.39 is 0 Å². The molecule has 3 heteroatoms. The van der Waals surface area contributed by atoms with E-state index in [4.69, 9.17) is 0 Å². The summed E-state index contributed by atoms with van der Waals surface area (Å²) in [5.74, 6) is 0. The van der Waals surface area contributed by atoms with Crippen molar-refractivity contribution in [3.05, 3.63) is 163 Å². The van der Waals surface area contributed by atoms with Gasteiger partial charge in [-0.15, -0.1) is 0 Å². The number of nitrogens with zero attached hydrogens (tertiary/aromatic N) is 1. The van der Waals surface area contributed by atoms with Crippen molar-refractivity contribution >= 4 is 51.4 Å². The number of rotatable bonds is 4. The molecular formula is C43H31NS2. The standard InChI is InChI=1S/C43H31NS2/c1-43(2)36-16-6-5-14-34(36)35-26-25-31(27-37(35)43)44(38-17-9-12-28-11-3-4-13-32(28)38)30-23-21-29(22-24-30)33-15-10-20-41-42(33)46-40-19-8-7-18-39(40)45-41/h3-27H,1-2H3. The van der Waals surface area contributed by atoms with Crippen LogP contribution in [0.25, 0.3) is 33.0 Å². The van der Waals surface area contributed by atoms with Crippen LogP contribution in [0.2, 0.25) is 0 Å². The van der Waals surface area contributed by atoms with Gasteiger partial charge < -0.3 is 4.90 Å². The molecule has 1 aliphatic carbocycles. The highest BCUT2D eigenvalue weighted by atomic mass is 32.2. The lowest BCUT2D eigenvalue weighted by atomic mass is 9.82. The Morgan fingerprint density at radius 2 is 1.11 bits per heavy atom. The highest BCUT2D eigenvalue weighted by Gasteiger charge is 2.35. The maximum atomic E-state index is 2.44. The molecule has 0 aromatic heterocycles. The Kier molecular flexibility index (Phi) is 6.41. The summed E-state index contributed by atoms with van der Waals surface area (Å²) in [5, 5.41) is 2.47. The minimum Gasteiger partial charge on any atom is -0.310 e. The SMILES string of the molecule is CC1(C)c2ccccc2-c2ccc(N(c3ccc(-c4cccc5c4Sc4ccccc4S5)cc3)c3cccc4ccccc34)cc21. The second kappa shape index (κ2) is 10.7. The molecule has 0 N–H and O–H groups in total. The topological polar surface area (TPSA) is 3.24 Å². The summed E-state index contributed by atoms with van der Waals surface area (Å²) in [6.07, 6.45) is 0. The van der Waals surface area contributed by atoms with Crippen molar-refractivity contribution < 1.29 is 0 Å². The molecule has 220 valence electrons. The first-order valence-corrected chi connectivity index (χ1v) is 17.4. The van der Waals surface area contributed by atoms with E-state index in [0.29, 0.717) is 0 Å². The van der Waals surface area contributed by atoms with Gasteiger partial charge >= 0.3 is 0 Å². The quantitative estimate of drug-likeness (QED) is 0.192. The first kappa shape index (κ1) is 27.6. The van der Waals surface area contributed by atoms with E-state index in [9.17, 15) is 0 Å². The summed E-state index contributed by atoms with van der Waals surface area (Å²) >= 11 is 3.76. The number of benzene rings is 7. The Morgan fingerprint density at radius 1 is 0.478 bits per heavy atom. The number of hydrogen-bond acceptors (Lipinski definition) is 3. The van der Waals surface area contributed by atoms with Crippen LogP contribution in [0.4, 0.5) is 17.1 Å². The molecule has 1 heterocycles. The second-order valence-electron chi connectivity index (χ2n) is 12.6. The fourth-order valence-electron chi connectivity index (χ4n) is 7.23. The Bertz CT molecular complexity index is 2300. The van der Waals surface area contributed by atoms with Crippen LogP contribution < -0.4 is 4.90 Å². The molecule has 0 spiro atoms. The van der Waals surface area contributed by atoms with Crippen LogP contribution in [0.5, 0.6) is 0 Å². The van der Waals surface area contributed by atoms with Crippen LogP contribution in [0.1, 0.15) is 25.0 Å². The third-order valence-corrected chi connectivity index (χ3v) is 12.1. The Labute approximate surface area is 278 Å². The van der Waals surface area contributed by atoms with Gasteiger partial charge in [-0.2, -0.15) is 0 Å². The van der Waals surface area contributed by atoms with Crippen molar-refractivity contribution in [1.82, 2.24) is 0 Å². The van der Waals surface area contributed by atoms with Gasteiger partial charge in [0, 0.05) is 41.8 Å². The van der Waals surface area contributed by atoms with Crippen LogP contribution in [0.3, 0.4) is 0 Å². The third kappa shape index (κ3) is 4.34. The van der Waals surface area contributed by atoms with Gasteiger partial charge in [0.2, 0.25) is 0 Å². The molecule has 2 aliphatic rings. The number of fused-ring (bicyclic) bond motifs is 6. The highest BCUT2D eigenvalue weighted by molar-refractivity contribution is 8.05. The van der Waals surface area contributed by atoms with Crippen molar-refractivity contribution in [2.24, 2.45) is 0 Å². The van der Waals surface area contributed by atoms with E-state index >= 15 is 0 Å². The molecule has 0 radical (unpaired) electrons. The minimum absolute atomic E-state index is 0.0725. The molecule has 0 bridgehead atoms. The van der Waals surface area contributed by atoms with Crippen LogP contribution in [-0.2, 0) is 5.41 Å². The van der Waals surface area contributed by atoms with Gasteiger partial charge in [0.1, 0.15) is 0 Å². The van der Waals surface area contributed by atoms with Crippen LogP contribution in [-0.4, -0.2) is 0 Å².